The summed E-state index contributed by atoms with van der Waals surface area (Å²) in [5.74, 6) is 0.0270. The van der Waals surface area contributed by atoms with E-state index in [2.05, 4.69) is 10.3 Å². The zero-order valence-corrected chi connectivity index (χ0v) is 15.4. The number of thioether (sulfide) groups is 1. The van der Waals surface area contributed by atoms with Gasteiger partial charge in [0.2, 0.25) is 5.91 Å². The Morgan fingerprint density at radius 2 is 2.08 bits per heavy atom. The summed E-state index contributed by atoms with van der Waals surface area (Å²) in [6.07, 6.45) is 1.72. The number of carbonyl (C=O) groups is 2. The summed E-state index contributed by atoms with van der Waals surface area (Å²) in [4.78, 5) is 27.2. The number of ether oxygens (including phenoxy) is 1. The third-order valence-electron chi connectivity index (χ3n) is 3.41. The Kier molecular flexibility index (Phi) is 5.75. The van der Waals surface area contributed by atoms with Crippen LogP contribution in [0.3, 0.4) is 0 Å². The summed E-state index contributed by atoms with van der Waals surface area (Å²) < 4.78 is 5.79. The molecule has 0 saturated carbocycles. The van der Waals surface area contributed by atoms with Crippen LogP contribution in [-0.2, 0) is 16.2 Å². The van der Waals surface area contributed by atoms with E-state index in [1.807, 2.05) is 48.5 Å². The second-order valence-electron chi connectivity index (χ2n) is 5.47. The molecule has 5 nitrogen and oxygen atoms in total. The Bertz CT molecular complexity index is 925. The molecule has 3 rings (SSSR count). The number of nitrogens with one attached hydrogen (secondary N) is 1. The summed E-state index contributed by atoms with van der Waals surface area (Å²) >= 11 is 7.26. The average molecular weight is 387 g/mol. The first-order valence-electron chi connectivity index (χ1n) is 7.78. The van der Waals surface area contributed by atoms with Crippen LogP contribution >= 0.6 is 23.4 Å². The number of halogens is 1. The van der Waals surface area contributed by atoms with Gasteiger partial charge in [-0.15, -0.1) is 0 Å². The van der Waals surface area contributed by atoms with Gasteiger partial charge in [-0.1, -0.05) is 41.9 Å². The lowest BCUT2D eigenvalue weighted by molar-refractivity contribution is -0.117. The highest BCUT2D eigenvalue weighted by Crippen LogP contribution is 2.28. The number of amidine groups is 1. The number of benzene rings is 2. The van der Waals surface area contributed by atoms with E-state index >= 15 is 0 Å². The molecule has 0 spiro atoms. The van der Waals surface area contributed by atoms with E-state index in [0.717, 1.165) is 22.9 Å². The van der Waals surface area contributed by atoms with Crippen molar-refractivity contribution in [3.63, 3.8) is 0 Å². The normalized spacial score (nSPS) is 15.1. The first-order chi connectivity index (χ1) is 12.5. The number of nitrogens with zero attached hydrogens (tertiary/aromatic N) is 1. The first-order valence-corrected chi connectivity index (χ1v) is 8.97. The highest BCUT2D eigenvalue weighted by atomic mass is 35.5. The second kappa shape index (κ2) is 8.21. The van der Waals surface area contributed by atoms with Crippen LogP contribution < -0.4 is 10.1 Å². The largest absolute Gasteiger partial charge is 0.489 e. The molecule has 0 unspecified atom stereocenters. The molecule has 1 aliphatic heterocycles. The van der Waals surface area contributed by atoms with E-state index in [1.54, 1.807) is 6.08 Å². The van der Waals surface area contributed by atoms with Gasteiger partial charge in [0.05, 0.1) is 4.91 Å². The number of aliphatic imine (C=N–C) groups is 1. The zero-order chi connectivity index (χ0) is 18.5. The van der Waals surface area contributed by atoms with Crippen molar-refractivity contribution in [3.05, 3.63) is 69.6 Å². The molecule has 1 N–H and O–H groups in total. The molecule has 2 amide bonds. The lowest BCUT2D eigenvalue weighted by atomic mass is 10.2. The quantitative estimate of drug-likeness (QED) is 0.805. The molecule has 0 fully saturated rings. The van der Waals surface area contributed by atoms with E-state index in [1.165, 1.54) is 6.92 Å². The Labute approximate surface area is 160 Å². The number of carbonyl (C=O) groups excluding carboxylic acids is 2. The van der Waals surface area contributed by atoms with Crippen molar-refractivity contribution in [3.8, 4) is 5.75 Å². The molecular weight excluding hydrogens is 372 g/mol. The van der Waals surface area contributed by atoms with Gasteiger partial charge in [-0.2, -0.15) is 4.99 Å². The minimum atomic E-state index is -0.374. The summed E-state index contributed by atoms with van der Waals surface area (Å²) in [6.45, 7) is 1.72. The maximum atomic E-state index is 11.9. The Balaban J connectivity index is 1.69. The van der Waals surface area contributed by atoms with Crippen LogP contribution in [0.4, 0.5) is 0 Å². The molecule has 0 radical (unpaired) electrons. The van der Waals surface area contributed by atoms with Crippen LogP contribution in [0.15, 0.2) is 58.4 Å². The standard InChI is InChI=1S/C19H15ClN2O3S/c1-12(23)21-19-22-18(24)17(26-19)10-13-5-4-7-15(9-13)25-11-14-6-2-3-8-16(14)20/h2-10H,11H2,1H3,(H,21,22,23,24). The zero-order valence-electron chi connectivity index (χ0n) is 13.9. The summed E-state index contributed by atoms with van der Waals surface area (Å²) in [6, 6.07) is 14.9. The lowest BCUT2D eigenvalue weighted by Gasteiger charge is -2.08. The van der Waals surface area contributed by atoms with Crippen molar-refractivity contribution >= 4 is 46.4 Å². The van der Waals surface area contributed by atoms with Crippen LogP contribution in [-0.4, -0.2) is 17.0 Å². The number of hydrogen-bond acceptors (Lipinski definition) is 4. The van der Waals surface area contributed by atoms with Crippen LogP contribution in [0.25, 0.3) is 6.08 Å². The Hall–Kier alpha value is -2.57. The average Bonchev–Trinajstić information content (AvgIpc) is 2.93. The van der Waals surface area contributed by atoms with Gasteiger partial charge in [-0.25, -0.2) is 0 Å². The molecule has 7 heteroatoms. The molecule has 0 bridgehead atoms. The number of rotatable bonds is 4. The number of hydrogen-bond donors (Lipinski definition) is 1. The highest BCUT2D eigenvalue weighted by Gasteiger charge is 2.22. The number of amides is 2. The molecule has 0 saturated heterocycles. The molecule has 0 atom stereocenters. The summed E-state index contributed by atoms with van der Waals surface area (Å²) in [5.41, 5.74) is 1.70. The van der Waals surface area contributed by atoms with Gasteiger partial charge in [-0.05, 0) is 41.6 Å². The van der Waals surface area contributed by atoms with E-state index in [-0.39, 0.29) is 11.8 Å². The molecule has 2 aromatic rings. The van der Waals surface area contributed by atoms with E-state index in [9.17, 15) is 9.59 Å². The maximum absolute atomic E-state index is 11.9. The van der Waals surface area contributed by atoms with Crippen LogP contribution in [0.1, 0.15) is 18.1 Å². The molecule has 26 heavy (non-hydrogen) atoms. The first kappa shape index (κ1) is 18.2. The van der Waals surface area contributed by atoms with Crippen molar-refractivity contribution in [2.75, 3.05) is 0 Å². The summed E-state index contributed by atoms with van der Waals surface area (Å²) in [7, 11) is 0. The minimum Gasteiger partial charge on any atom is -0.489 e. The Morgan fingerprint density at radius 1 is 1.27 bits per heavy atom. The fraction of sp³-hybridized carbons (Fsp3) is 0.105. The predicted molar refractivity (Wildman–Crippen MR) is 104 cm³/mol. The lowest BCUT2D eigenvalue weighted by Crippen LogP contribution is -2.23. The van der Waals surface area contributed by atoms with Gasteiger partial charge in [0.1, 0.15) is 12.4 Å². The minimum absolute atomic E-state index is 0.264. The van der Waals surface area contributed by atoms with E-state index in [4.69, 9.17) is 16.3 Å². The van der Waals surface area contributed by atoms with E-state index < -0.39 is 0 Å². The van der Waals surface area contributed by atoms with Crippen LogP contribution in [0, 0.1) is 0 Å². The molecule has 0 aliphatic carbocycles. The monoisotopic (exact) mass is 386 g/mol. The molecule has 2 aromatic carbocycles. The fourth-order valence-corrected chi connectivity index (χ4v) is 3.29. The SMILES string of the molecule is CC(=O)NC1=NC(=O)C(=Cc2cccc(OCc3ccccc3Cl)c2)S1. The van der Waals surface area contributed by atoms with Gasteiger partial charge < -0.3 is 10.1 Å². The maximum Gasteiger partial charge on any atom is 0.286 e. The smallest absolute Gasteiger partial charge is 0.286 e. The molecule has 0 aromatic heterocycles. The molecule has 1 aliphatic rings. The Morgan fingerprint density at radius 3 is 2.85 bits per heavy atom. The highest BCUT2D eigenvalue weighted by molar-refractivity contribution is 8.18. The van der Waals surface area contributed by atoms with E-state index in [0.29, 0.717) is 27.5 Å². The van der Waals surface area contributed by atoms with Crippen molar-refractivity contribution < 1.29 is 14.3 Å². The van der Waals surface area contributed by atoms with Gasteiger partial charge in [0.25, 0.3) is 5.91 Å². The second-order valence-corrected chi connectivity index (χ2v) is 6.90. The fourth-order valence-electron chi connectivity index (χ4n) is 2.24. The predicted octanol–water partition coefficient (Wildman–Crippen LogP) is 4.03. The van der Waals surface area contributed by atoms with Crippen molar-refractivity contribution in [2.24, 2.45) is 4.99 Å². The van der Waals surface area contributed by atoms with Gasteiger partial charge in [0.15, 0.2) is 5.17 Å². The van der Waals surface area contributed by atoms with Crippen molar-refractivity contribution in [2.45, 2.75) is 13.5 Å². The summed E-state index contributed by atoms with van der Waals surface area (Å²) in [5, 5.41) is 3.46. The van der Waals surface area contributed by atoms with Gasteiger partial charge in [-0.3, -0.25) is 9.59 Å². The van der Waals surface area contributed by atoms with Crippen molar-refractivity contribution in [1.29, 1.82) is 0 Å². The van der Waals surface area contributed by atoms with Crippen LogP contribution in [0.2, 0.25) is 5.02 Å². The third-order valence-corrected chi connectivity index (χ3v) is 4.68. The van der Waals surface area contributed by atoms with Crippen molar-refractivity contribution in [1.82, 2.24) is 5.32 Å². The van der Waals surface area contributed by atoms with Gasteiger partial charge >= 0.3 is 0 Å². The topological polar surface area (TPSA) is 67.8 Å². The molecule has 1 heterocycles. The molecule has 132 valence electrons. The van der Waals surface area contributed by atoms with Crippen LogP contribution in [0.5, 0.6) is 5.75 Å². The van der Waals surface area contributed by atoms with Gasteiger partial charge in [0, 0.05) is 17.5 Å². The molecular formula is C19H15ClN2O3S. The third kappa shape index (κ3) is 4.74.